The summed E-state index contributed by atoms with van der Waals surface area (Å²) in [7, 11) is 1.77. The molecule has 1 aliphatic carbocycles. The maximum Gasteiger partial charge on any atom is 0.230 e. The van der Waals surface area contributed by atoms with Gasteiger partial charge in [0, 0.05) is 43.6 Å². The standard InChI is InChI=1S/C26H34N4O3/c1-17(2)33-22-15-29(16-22)20-8-11-23-24(13-20)30(14-19-5-4-12-27-25(19)28-23)26(31)18-6-9-21(32-3)10-7-18/h4-5,8,11-13,17-18,21-22H,6-7,9-10,14-16H2,1-3H3,(H,27,28). The number of amides is 1. The average molecular weight is 451 g/mol. The lowest BCUT2D eigenvalue weighted by Crippen LogP contribution is -2.53. The minimum Gasteiger partial charge on any atom is -0.381 e. The number of anilines is 4. The predicted octanol–water partition coefficient (Wildman–Crippen LogP) is 4.49. The predicted molar refractivity (Wildman–Crippen MR) is 130 cm³/mol. The van der Waals surface area contributed by atoms with Crippen molar-refractivity contribution in [1.82, 2.24) is 4.98 Å². The molecule has 1 aromatic carbocycles. The van der Waals surface area contributed by atoms with Crippen LogP contribution in [0.4, 0.5) is 22.9 Å². The zero-order valence-electron chi connectivity index (χ0n) is 19.8. The number of methoxy groups -OCH3 is 1. The summed E-state index contributed by atoms with van der Waals surface area (Å²) in [5, 5.41) is 3.48. The van der Waals surface area contributed by atoms with Crippen LogP contribution in [0.2, 0.25) is 0 Å². The van der Waals surface area contributed by atoms with Crippen LogP contribution in [0.25, 0.3) is 0 Å². The molecule has 0 bridgehead atoms. The average Bonchev–Trinajstić information content (AvgIpc) is 2.97. The Kier molecular flexibility index (Phi) is 6.25. The monoisotopic (exact) mass is 450 g/mol. The molecule has 2 fully saturated rings. The van der Waals surface area contributed by atoms with E-state index in [0.717, 1.165) is 67.2 Å². The number of pyridine rings is 1. The van der Waals surface area contributed by atoms with Crippen LogP contribution in [0.3, 0.4) is 0 Å². The summed E-state index contributed by atoms with van der Waals surface area (Å²) in [5.74, 6) is 1.05. The normalized spacial score (nSPS) is 22.8. The lowest BCUT2D eigenvalue weighted by Gasteiger charge is -2.42. The smallest absolute Gasteiger partial charge is 0.230 e. The van der Waals surface area contributed by atoms with Crippen LogP contribution >= 0.6 is 0 Å². The first-order valence-electron chi connectivity index (χ1n) is 12.1. The van der Waals surface area contributed by atoms with E-state index in [2.05, 4.69) is 47.2 Å². The summed E-state index contributed by atoms with van der Waals surface area (Å²) >= 11 is 0. The van der Waals surface area contributed by atoms with Crippen molar-refractivity contribution in [2.45, 2.75) is 64.4 Å². The van der Waals surface area contributed by atoms with E-state index in [1.54, 1.807) is 13.3 Å². The molecule has 0 radical (unpaired) electrons. The molecular weight excluding hydrogens is 416 g/mol. The Hall–Kier alpha value is -2.64. The lowest BCUT2D eigenvalue weighted by atomic mass is 9.86. The van der Waals surface area contributed by atoms with Gasteiger partial charge in [0.05, 0.1) is 36.2 Å². The molecule has 3 aliphatic rings. The highest BCUT2D eigenvalue weighted by molar-refractivity contribution is 6.00. The number of benzene rings is 1. The third-order valence-corrected chi connectivity index (χ3v) is 7.05. The number of nitrogens with zero attached hydrogens (tertiary/aromatic N) is 3. The third kappa shape index (κ3) is 4.57. The number of ether oxygens (including phenoxy) is 2. The maximum absolute atomic E-state index is 13.8. The second kappa shape index (κ2) is 9.31. The van der Waals surface area contributed by atoms with Crippen LogP contribution in [0.15, 0.2) is 36.5 Å². The van der Waals surface area contributed by atoms with Crippen LogP contribution in [-0.4, -0.2) is 49.4 Å². The number of carbonyl (C=O) groups excluding carboxylic acids is 1. The number of nitrogens with one attached hydrogen (secondary N) is 1. The Bertz CT molecular complexity index is 997. The van der Waals surface area contributed by atoms with Gasteiger partial charge < -0.3 is 24.6 Å². The molecule has 1 amide bonds. The maximum atomic E-state index is 13.8. The van der Waals surface area contributed by atoms with E-state index in [-0.39, 0.29) is 30.1 Å². The van der Waals surface area contributed by atoms with Crippen molar-refractivity contribution >= 4 is 28.8 Å². The van der Waals surface area contributed by atoms with Gasteiger partial charge in [0.15, 0.2) is 0 Å². The number of hydrogen-bond donors (Lipinski definition) is 1. The number of rotatable bonds is 5. The highest BCUT2D eigenvalue weighted by Gasteiger charge is 2.34. The molecule has 1 saturated heterocycles. The Morgan fingerprint density at radius 1 is 1.12 bits per heavy atom. The van der Waals surface area contributed by atoms with E-state index in [9.17, 15) is 4.79 Å². The van der Waals surface area contributed by atoms with E-state index in [0.29, 0.717) is 6.54 Å². The Labute approximate surface area is 196 Å². The van der Waals surface area contributed by atoms with E-state index in [1.165, 1.54) is 0 Å². The van der Waals surface area contributed by atoms with E-state index in [1.807, 2.05) is 17.0 Å². The van der Waals surface area contributed by atoms with Crippen LogP contribution in [0, 0.1) is 5.92 Å². The summed E-state index contributed by atoms with van der Waals surface area (Å²) in [5.41, 5.74) is 4.01. The van der Waals surface area contributed by atoms with Crippen molar-refractivity contribution in [3.05, 3.63) is 42.1 Å². The highest BCUT2D eigenvalue weighted by atomic mass is 16.5. The molecule has 7 nitrogen and oxygen atoms in total. The summed E-state index contributed by atoms with van der Waals surface area (Å²) in [4.78, 5) is 22.6. The largest absolute Gasteiger partial charge is 0.381 e. The van der Waals surface area contributed by atoms with Gasteiger partial charge in [-0.2, -0.15) is 0 Å². The lowest BCUT2D eigenvalue weighted by molar-refractivity contribution is -0.124. The Balaban J connectivity index is 1.42. The van der Waals surface area contributed by atoms with Gasteiger partial charge in [-0.25, -0.2) is 4.98 Å². The van der Waals surface area contributed by atoms with Gasteiger partial charge in [-0.1, -0.05) is 6.07 Å². The van der Waals surface area contributed by atoms with Gasteiger partial charge in [-0.05, 0) is 63.8 Å². The molecule has 2 aromatic rings. The second-order valence-corrected chi connectivity index (χ2v) is 9.68. The third-order valence-electron chi connectivity index (χ3n) is 7.05. The molecule has 2 aliphatic heterocycles. The molecule has 33 heavy (non-hydrogen) atoms. The number of hydrogen-bond acceptors (Lipinski definition) is 6. The minimum absolute atomic E-state index is 0.0268. The zero-order valence-corrected chi connectivity index (χ0v) is 19.8. The molecular formula is C26H34N4O3. The van der Waals surface area contributed by atoms with Gasteiger partial charge in [0.2, 0.25) is 5.91 Å². The van der Waals surface area contributed by atoms with Gasteiger partial charge in [0.25, 0.3) is 0 Å². The van der Waals surface area contributed by atoms with Gasteiger partial charge in [-0.3, -0.25) is 4.79 Å². The van der Waals surface area contributed by atoms with Crippen LogP contribution in [0.1, 0.15) is 45.1 Å². The first-order valence-corrected chi connectivity index (χ1v) is 12.1. The van der Waals surface area contributed by atoms with Crippen molar-refractivity contribution in [3.63, 3.8) is 0 Å². The van der Waals surface area contributed by atoms with Crippen molar-refractivity contribution in [2.75, 3.05) is 35.3 Å². The van der Waals surface area contributed by atoms with E-state index in [4.69, 9.17) is 9.47 Å². The fourth-order valence-electron chi connectivity index (χ4n) is 5.19. The topological polar surface area (TPSA) is 66.9 Å². The number of fused-ring (bicyclic) bond motifs is 2. The minimum atomic E-state index is 0.0268. The molecule has 5 rings (SSSR count). The molecule has 0 spiro atoms. The fraction of sp³-hybridized carbons (Fsp3) is 0.538. The molecule has 0 unspecified atom stereocenters. The molecule has 7 heteroatoms. The van der Waals surface area contributed by atoms with Gasteiger partial charge in [0.1, 0.15) is 5.82 Å². The molecule has 1 aromatic heterocycles. The van der Waals surface area contributed by atoms with Crippen molar-refractivity contribution in [3.8, 4) is 0 Å². The van der Waals surface area contributed by atoms with Crippen molar-refractivity contribution in [1.29, 1.82) is 0 Å². The van der Waals surface area contributed by atoms with Crippen LogP contribution < -0.4 is 15.1 Å². The van der Waals surface area contributed by atoms with Crippen molar-refractivity contribution in [2.24, 2.45) is 5.92 Å². The summed E-state index contributed by atoms with van der Waals surface area (Å²) in [6.07, 6.45) is 6.19. The molecule has 1 N–H and O–H groups in total. The van der Waals surface area contributed by atoms with Gasteiger partial charge in [-0.15, -0.1) is 0 Å². The molecule has 3 heterocycles. The first kappa shape index (κ1) is 22.2. The van der Waals surface area contributed by atoms with E-state index >= 15 is 0 Å². The summed E-state index contributed by atoms with van der Waals surface area (Å²) < 4.78 is 11.5. The summed E-state index contributed by atoms with van der Waals surface area (Å²) in [6, 6.07) is 10.3. The first-order chi connectivity index (χ1) is 16.0. The van der Waals surface area contributed by atoms with Crippen molar-refractivity contribution < 1.29 is 14.3 Å². The summed E-state index contributed by atoms with van der Waals surface area (Å²) in [6.45, 7) is 6.43. The van der Waals surface area contributed by atoms with Gasteiger partial charge >= 0.3 is 0 Å². The quantitative estimate of drug-likeness (QED) is 0.724. The molecule has 176 valence electrons. The SMILES string of the molecule is COC1CCC(C(=O)N2Cc3cccnc3Nc3ccc(N4CC(OC(C)C)C4)cc32)CC1. The highest BCUT2D eigenvalue weighted by Crippen LogP contribution is 2.40. The number of carbonyl (C=O) groups is 1. The Morgan fingerprint density at radius 2 is 1.91 bits per heavy atom. The Morgan fingerprint density at radius 3 is 2.64 bits per heavy atom. The fourth-order valence-corrected chi connectivity index (χ4v) is 5.19. The molecule has 0 atom stereocenters. The number of aromatic nitrogens is 1. The van der Waals surface area contributed by atoms with E-state index < -0.39 is 0 Å². The van der Waals surface area contributed by atoms with Crippen LogP contribution in [0.5, 0.6) is 0 Å². The zero-order chi connectivity index (χ0) is 22.9. The van der Waals surface area contributed by atoms with Crippen LogP contribution in [-0.2, 0) is 20.8 Å². The molecule has 1 saturated carbocycles. The second-order valence-electron chi connectivity index (χ2n) is 9.68.